The highest BCUT2D eigenvalue weighted by molar-refractivity contribution is 7.89. The number of nitrogens with one attached hydrogen (secondary N) is 1. The van der Waals surface area contributed by atoms with Crippen LogP contribution >= 0.6 is 11.3 Å². The average molecular weight is 351 g/mol. The SMILES string of the molecule is O=C(OCCNS(=O)(=O)c1ccccc1)c1cc2c(s1)CCC2. The van der Waals surface area contributed by atoms with E-state index in [1.54, 1.807) is 18.2 Å². The van der Waals surface area contributed by atoms with Crippen LogP contribution in [0.3, 0.4) is 0 Å². The molecule has 0 spiro atoms. The van der Waals surface area contributed by atoms with Crippen LogP contribution in [-0.2, 0) is 27.6 Å². The molecular weight excluding hydrogens is 334 g/mol. The molecule has 0 atom stereocenters. The van der Waals surface area contributed by atoms with Crippen LogP contribution in [0.5, 0.6) is 0 Å². The highest BCUT2D eigenvalue weighted by Gasteiger charge is 2.19. The van der Waals surface area contributed by atoms with Crippen molar-refractivity contribution in [3.8, 4) is 0 Å². The molecule has 1 aromatic heterocycles. The number of carbonyl (C=O) groups excluding carboxylic acids is 1. The van der Waals surface area contributed by atoms with E-state index in [2.05, 4.69) is 4.72 Å². The Morgan fingerprint density at radius 2 is 2.00 bits per heavy atom. The molecular formula is C16H17NO4S2. The number of esters is 1. The maximum Gasteiger partial charge on any atom is 0.348 e. The number of ether oxygens (including phenoxy) is 1. The monoisotopic (exact) mass is 351 g/mol. The van der Waals surface area contributed by atoms with Crippen LogP contribution in [0, 0.1) is 0 Å². The minimum Gasteiger partial charge on any atom is -0.460 e. The Balaban J connectivity index is 1.48. The maximum atomic E-state index is 12.0. The van der Waals surface area contributed by atoms with Crippen molar-refractivity contribution in [1.29, 1.82) is 0 Å². The number of rotatable bonds is 6. The summed E-state index contributed by atoms with van der Waals surface area (Å²) in [7, 11) is -3.56. The first-order valence-electron chi connectivity index (χ1n) is 7.40. The molecule has 1 N–H and O–H groups in total. The van der Waals surface area contributed by atoms with E-state index in [4.69, 9.17) is 4.74 Å². The third-order valence-corrected chi connectivity index (χ3v) is 6.32. The Kier molecular flexibility index (Phi) is 4.79. The van der Waals surface area contributed by atoms with Crippen molar-refractivity contribution in [1.82, 2.24) is 4.72 Å². The minimum atomic E-state index is -3.56. The van der Waals surface area contributed by atoms with Crippen LogP contribution in [0.4, 0.5) is 0 Å². The first kappa shape index (κ1) is 16.2. The molecule has 3 rings (SSSR count). The van der Waals surface area contributed by atoms with Gasteiger partial charge in [-0.2, -0.15) is 0 Å². The molecule has 23 heavy (non-hydrogen) atoms. The number of aryl methyl sites for hydroxylation is 2. The Morgan fingerprint density at radius 1 is 1.22 bits per heavy atom. The minimum absolute atomic E-state index is 0.00740. The lowest BCUT2D eigenvalue weighted by Crippen LogP contribution is -2.28. The average Bonchev–Trinajstić information content (AvgIpc) is 3.14. The zero-order chi connectivity index (χ0) is 16.3. The van der Waals surface area contributed by atoms with Crippen molar-refractivity contribution in [2.24, 2.45) is 0 Å². The van der Waals surface area contributed by atoms with Gasteiger partial charge in [-0.1, -0.05) is 18.2 Å². The third kappa shape index (κ3) is 3.80. The second-order valence-electron chi connectivity index (χ2n) is 5.26. The van der Waals surface area contributed by atoms with Crippen LogP contribution in [-0.4, -0.2) is 27.5 Å². The molecule has 0 saturated heterocycles. The number of thiophene rings is 1. The summed E-state index contributed by atoms with van der Waals surface area (Å²) in [5.74, 6) is -0.386. The topological polar surface area (TPSA) is 72.5 Å². The third-order valence-electron chi connectivity index (χ3n) is 3.63. The highest BCUT2D eigenvalue weighted by Crippen LogP contribution is 2.30. The molecule has 0 unspecified atom stereocenters. The molecule has 0 aliphatic heterocycles. The van der Waals surface area contributed by atoms with Gasteiger partial charge in [0.1, 0.15) is 11.5 Å². The van der Waals surface area contributed by atoms with Gasteiger partial charge < -0.3 is 4.74 Å². The van der Waals surface area contributed by atoms with Gasteiger partial charge in [0.05, 0.1) is 4.90 Å². The van der Waals surface area contributed by atoms with Gasteiger partial charge in [-0.25, -0.2) is 17.9 Å². The number of benzene rings is 1. The Labute approximate surface area is 139 Å². The van der Waals surface area contributed by atoms with Gasteiger partial charge in [-0.05, 0) is 43.0 Å². The predicted octanol–water partition coefficient (Wildman–Crippen LogP) is 2.37. The first-order chi connectivity index (χ1) is 11.1. The summed E-state index contributed by atoms with van der Waals surface area (Å²) in [6.07, 6.45) is 3.21. The summed E-state index contributed by atoms with van der Waals surface area (Å²) in [6, 6.07) is 9.99. The fourth-order valence-corrected chi connectivity index (χ4v) is 4.69. The number of sulfonamides is 1. The lowest BCUT2D eigenvalue weighted by molar-refractivity contribution is 0.0519. The fourth-order valence-electron chi connectivity index (χ4n) is 2.50. The second-order valence-corrected chi connectivity index (χ2v) is 8.16. The van der Waals surface area contributed by atoms with Crippen LogP contribution < -0.4 is 4.72 Å². The van der Waals surface area contributed by atoms with Crippen LogP contribution in [0.1, 0.15) is 26.5 Å². The first-order valence-corrected chi connectivity index (χ1v) is 9.70. The van der Waals surface area contributed by atoms with E-state index in [0.717, 1.165) is 19.3 Å². The number of fused-ring (bicyclic) bond motifs is 1. The van der Waals surface area contributed by atoms with Gasteiger partial charge in [0.2, 0.25) is 10.0 Å². The van der Waals surface area contributed by atoms with Crippen LogP contribution in [0.15, 0.2) is 41.3 Å². The van der Waals surface area contributed by atoms with Crippen molar-refractivity contribution in [2.45, 2.75) is 24.2 Å². The molecule has 7 heteroatoms. The van der Waals surface area contributed by atoms with Crippen molar-refractivity contribution in [2.75, 3.05) is 13.2 Å². The molecule has 2 aromatic rings. The summed E-state index contributed by atoms with van der Waals surface area (Å²) in [5.41, 5.74) is 1.24. The van der Waals surface area contributed by atoms with Gasteiger partial charge in [0.25, 0.3) is 0 Å². The molecule has 0 bridgehead atoms. The van der Waals surface area contributed by atoms with Gasteiger partial charge >= 0.3 is 5.97 Å². The van der Waals surface area contributed by atoms with Crippen molar-refractivity contribution < 1.29 is 17.9 Å². The van der Waals surface area contributed by atoms with Gasteiger partial charge in [0, 0.05) is 11.4 Å². The van der Waals surface area contributed by atoms with Crippen molar-refractivity contribution >= 4 is 27.3 Å². The van der Waals surface area contributed by atoms with Gasteiger partial charge in [-0.15, -0.1) is 11.3 Å². The van der Waals surface area contributed by atoms with Crippen LogP contribution in [0.25, 0.3) is 0 Å². The smallest absolute Gasteiger partial charge is 0.348 e. The molecule has 1 heterocycles. The molecule has 0 saturated carbocycles. The zero-order valence-electron chi connectivity index (χ0n) is 12.4. The lowest BCUT2D eigenvalue weighted by Gasteiger charge is -2.07. The van der Waals surface area contributed by atoms with E-state index in [1.807, 2.05) is 6.07 Å². The van der Waals surface area contributed by atoms with Crippen molar-refractivity contribution in [3.63, 3.8) is 0 Å². The van der Waals surface area contributed by atoms with Crippen molar-refractivity contribution in [3.05, 3.63) is 51.7 Å². The van der Waals surface area contributed by atoms with E-state index in [1.165, 1.54) is 33.9 Å². The van der Waals surface area contributed by atoms with Crippen LogP contribution in [0.2, 0.25) is 0 Å². The molecule has 5 nitrogen and oxygen atoms in total. The molecule has 0 fully saturated rings. The van der Waals surface area contributed by atoms with E-state index in [-0.39, 0.29) is 24.0 Å². The summed E-state index contributed by atoms with van der Waals surface area (Å²) < 4.78 is 31.5. The molecule has 1 aliphatic rings. The van der Waals surface area contributed by atoms with Gasteiger partial charge in [0.15, 0.2) is 0 Å². The number of hydrogen-bond acceptors (Lipinski definition) is 5. The van der Waals surface area contributed by atoms with E-state index in [0.29, 0.717) is 4.88 Å². The highest BCUT2D eigenvalue weighted by atomic mass is 32.2. The summed E-state index contributed by atoms with van der Waals surface area (Å²) in [5, 5.41) is 0. The standard InChI is InChI=1S/C16H17NO4S2/c18-16(15-11-12-5-4-8-14(12)22-15)21-10-9-17-23(19,20)13-6-2-1-3-7-13/h1-3,6-7,11,17H,4-5,8-10H2. The molecule has 0 amide bonds. The lowest BCUT2D eigenvalue weighted by atomic mass is 10.2. The Bertz CT molecular complexity index is 775. The van der Waals surface area contributed by atoms with E-state index >= 15 is 0 Å². The normalized spacial score (nSPS) is 13.7. The molecule has 122 valence electrons. The summed E-state index contributed by atoms with van der Waals surface area (Å²) >= 11 is 1.48. The summed E-state index contributed by atoms with van der Waals surface area (Å²) in [6.45, 7) is 0.0571. The quantitative estimate of drug-likeness (QED) is 0.641. The van der Waals surface area contributed by atoms with E-state index < -0.39 is 10.0 Å². The molecule has 1 aromatic carbocycles. The predicted molar refractivity (Wildman–Crippen MR) is 88.3 cm³/mol. The number of carbonyl (C=O) groups is 1. The molecule has 0 radical (unpaired) electrons. The fraction of sp³-hybridized carbons (Fsp3) is 0.312. The maximum absolute atomic E-state index is 12.0. The van der Waals surface area contributed by atoms with Gasteiger partial charge in [-0.3, -0.25) is 0 Å². The Hall–Kier alpha value is -1.70. The second kappa shape index (κ2) is 6.82. The largest absolute Gasteiger partial charge is 0.460 e. The van der Waals surface area contributed by atoms with E-state index in [9.17, 15) is 13.2 Å². The molecule has 1 aliphatic carbocycles. The Morgan fingerprint density at radius 3 is 2.74 bits per heavy atom. The summed E-state index contributed by atoms with van der Waals surface area (Å²) in [4.78, 5) is 14.0. The number of hydrogen-bond donors (Lipinski definition) is 1. The zero-order valence-corrected chi connectivity index (χ0v) is 14.1.